The van der Waals surface area contributed by atoms with Gasteiger partial charge in [-0.25, -0.2) is 0 Å². The van der Waals surface area contributed by atoms with Gasteiger partial charge in [0.1, 0.15) is 0 Å². The smallest absolute Gasteiger partial charge is 0.373 e. The Balaban J connectivity index is 4.75. The second kappa shape index (κ2) is 2.78. The van der Waals surface area contributed by atoms with Crippen LogP contribution in [0, 0.1) is 0 Å². The highest BCUT2D eigenvalue weighted by Gasteiger charge is 2.56. The van der Waals surface area contributed by atoms with Gasteiger partial charge in [-0.05, 0) is 6.92 Å². The molecule has 0 saturated heterocycles. The molecule has 0 aromatic rings. The van der Waals surface area contributed by atoms with Crippen LogP contribution in [0.1, 0.15) is 6.92 Å². The summed E-state index contributed by atoms with van der Waals surface area (Å²) in [6, 6.07) is 0. The van der Waals surface area contributed by atoms with Gasteiger partial charge in [0, 0.05) is 6.54 Å². The average Bonchev–Trinajstić information content (AvgIpc) is 1.83. The first-order valence-electron chi connectivity index (χ1n) is 2.76. The standard InChI is InChI=1S/C5H8F3NO2/c1-3(10)4(11,2-9)5(6,7)8/h11H,2,9H2,1H3. The van der Waals surface area contributed by atoms with E-state index in [1.54, 1.807) is 0 Å². The molecule has 3 nitrogen and oxygen atoms in total. The molecule has 66 valence electrons. The SMILES string of the molecule is CC(=O)C(O)(CN)C(F)(F)F. The van der Waals surface area contributed by atoms with Crippen LogP contribution in [-0.2, 0) is 4.79 Å². The number of aliphatic hydroxyl groups is 1. The molecule has 0 aromatic heterocycles. The van der Waals surface area contributed by atoms with Crippen molar-refractivity contribution in [2.24, 2.45) is 5.73 Å². The minimum atomic E-state index is -4.99. The van der Waals surface area contributed by atoms with Crippen molar-refractivity contribution in [3.63, 3.8) is 0 Å². The van der Waals surface area contributed by atoms with Crippen LogP contribution < -0.4 is 5.73 Å². The highest BCUT2D eigenvalue weighted by atomic mass is 19.4. The molecule has 0 aliphatic rings. The molecule has 0 saturated carbocycles. The third kappa shape index (κ3) is 1.69. The van der Waals surface area contributed by atoms with Gasteiger partial charge < -0.3 is 10.8 Å². The van der Waals surface area contributed by atoms with Crippen molar-refractivity contribution in [3.8, 4) is 0 Å². The summed E-state index contributed by atoms with van der Waals surface area (Å²) in [6.07, 6.45) is -4.99. The van der Waals surface area contributed by atoms with E-state index in [-0.39, 0.29) is 0 Å². The fraction of sp³-hybridized carbons (Fsp3) is 0.800. The Kier molecular flexibility index (Phi) is 2.63. The Morgan fingerprint density at radius 2 is 1.91 bits per heavy atom. The van der Waals surface area contributed by atoms with Crippen LogP contribution in [0.15, 0.2) is 0 Å². The Morgan fingerprint density at radius 3 is 1.91 bits per heavy atom. The van der Waals surface area contributed by atoms with Gasteiger partial charge in [0.15, 0.2) is 5.78 Å². The van der Waals surface area contributed by atoms with E-state index < -0.39 is 24.1 Å². The molecule has 3 N–H and O–H groups in total. The zero-order chi connectivity index (χ0) is 9.28. The van der Waals surface area contributed by atoms with Crippen LogP contribution >= 0.6 is 0 Å². The van der Waals surface area contributed by atoms with E-state index >= 15 is 0 Å². The van der Waals surface area contributed by atoms with Gasteiger partial charge in [-0.15, -0.1) is 0 Å². The maximum absolute atomic E-state index is 11.8. The number of carbonyl (C=O) groups excluding carboxylic acids is 1. The molecule has 0 rings (SSSR count). The lowest BCUT2D eigenvalue weighted by Crippen LogP contribution is -2.56. The summed E-state index contributed by atoms with van der Waals surface area (Å²) >= 11 is 0. The molecule has 1 atom stereocenters. The minimum absolute atomic E-state index is 0.639. The number of carbonyl (C=O) groups is 1. The summed E-state index contributed by atoms with van der Waals surface area (Å²) in [5.41, 5.74) is 1.22. The van der Waals surface area contributed by atoms with Crippen molar-refractivity contribution in [3.05, 3.63) is 0 Å². The number of hydrogen-bond donors (Lipinski definition) is 2. The maximum Gasteiger partial charge on any atom is 0.425 e. The van der Waals surface area contributed by atoms with E-state index in [1.807, 2.05) is 0 Å². The fourth-order valence-electron chi connectivity index (χ4n) is 0.459. The summed E-state index contributed by atoms with van der Waals surface area (Å²) in [6.45, 7) is -0.508. The highest BCUT2D eigenvalue weighted by molar-refractivity contribution is 5.85. The van der Waals surface area contributed by atoms with E-state index in [0.29, 0.717) is 6.92 Å². The molecule has 0 aromatic carbocycles. The van der Waals surface area contributed by atoms with E-state index in [0.717, 1.165) is 0 Å². The van der Waals surface area contributed by atoms with Gasteiger partial charge in [0.2, 0.25) is 5.60 Å². The number of Topliss-reactive ketones (excluding diaryl/α,β-unsaturated/α-hetero) is 1. The number of halogens is 3. The first-order chi connectivity index (χ1) is 4.75. The van der Waals surface area contributed by atoms with Crippen molar-refractivity contribution in [1.29, 1.82) is 0 Å². The zero-order valence-electron chi connectivity index (χ0n) is 5.77. The quantitative estimate of drug-likeness (QED) is 0.606. The molecule has 1 unspecified atom stereocenters. The molecule has 11 heavy (non-hydrogen) atoms. The van der Waals surface area contributed by atoms with Crippen LogP contribution in [0.2, 0.25) is 0 Å². The summed E-state index contributed by atoms with van der Waals surface area (Å²) in [7, 11) is 0. The first-order valence-corrected chi connectivity index (χ1v) is 2.76. The Bertz CT molecular complexity index is 168. The lowest BCUT2D eigenvalue weighted by Gasteiger charge is -2.25. The average molecular weight is 171 g/mol. The molecule has 0 aliphatic heterocycles. The number of nitrogens with two attached hydrogens (primary N) is 1. The molecule has 0 radical (unpaired) electrons. The largest absolute Gasteiger partial charge is 0.425 e. The second-order valence-electron chi connectivity index (χ2n) is 2.12. The van der Waals surface area contributed by atoms with Crippen molar-refractivity contribution >= 4 is 5.78 Å². The molecule has 0 heterocycles. The van der Waals surface area contributed by atoms with E-state index in [1.165, 1.54) is 0 Å². The number of hydrogen-bond acceptors (Lipinski definition) is 3. The molecule has 0 aliphatic carbocycles. The second-order valence-corrected chi connectivity index (χ2v) is 2.12. The van der Waals surface area contributed by atoms with E-state index in [2.05, 4.69) is 5.73 Å². The van der Waals surface area contributed by atoms with Crippen LogP contribution in [0.3, 0.4) is 0 Å². The third-order valence-electron chi connectivity index (χ3n) is 1.35. The van der Waals surface area contributed by atoms with Gasteiger partial charge in [-0.2, -0.15) is 13.2 Å². The predicted molar refractivity (Wildman–Crippen MR) is 30.7 cm³/mol. The maximum atomic E-state index is 11.8. The Labute approximate surface area is 61.0 Å². The van der Waals surface area contributed by atoms with E-state index in [9.17, 15) is 18.0 Å². The van der Waals surface area contributed by atoms with Crippen molar-refractivity contribution < 1.29 is 23.1 Å². The number of ketones is 1. The van der Waals surface area contributed by atoms with Gasteiger partial charge in [-0.1, -0.05) is 0 Å². The zero-order valence-corrected chi connectivity index (χ0v) is 5.77. The fourth-order valence-corrected chi connectivity index (χ4v) is 0.459. The molecule has 6 heteroatoms. The van der Waals surface area contributed by atoms with Crippen LogP contribution in [0.25, 0.3) is 0 Å². The summed E-state index contributed by atoms with van der Waals surface area (Å²) in [4.78, 5) is 10.3. The van der Waals surface area contributed by atoms with Gasteiger partial charge >= 0.3 is 6.18 Å². The lowest BCUT2D eigenvalue weighted by molar-refractivity contribution is -0.245. The van der Waals surface area contributed by atoms with Gasteiger partial charge in [0.05, 0.1) is 0 Å². The Hall–Kier alpha value is -0.620. The van der Waals surface area contributed by atoms with E-state index in [4.69, 9.17) is 5.11 Å². The first kappa shape index (κ1) is 10.4. The highest BCUT2D eigenvalue weighted by Crippen LogP contribution is 2.29. The van der Waals surface area contributed by atoms with Crippen molar-refractivity contribution in [2.75, 3.05) is 6.54 Å². The monoisotopic (exact) mass is 171 g/mol. The lowest BCUT2D eigenvalue weighted by atomic mass is 9.99. The van der Waals surface area contributed by atoms with Gasteiger partial charge in [0.25, 0.3) is 0 Å². The van der Waals surface area contributed by atoms with Crippen LogP contribution in [0.5, 0.6) is 0 Å². The number of alkyl halides is 3. The van der Waals surface area contributed by atoms with Gasteiger partial charge in [-0.3, -0.25) is 4.79 Å². The summed E-state index contributed by atoms with van der Waals surface area (Å²) < 4.78 is 35.4. The molecule has 0 fully saturated rings. The molecular weight excluding hydrogens is 163 g/mol. The molecule has 0 amide bonds. The van der Waals surface area contributed by atoms with Crippen LogP contribution in [-0.4, -0.2) is 29.2 Å². The third-order valence-corrected chi connectivity index (χ3v) is 1.35. The molecule has 0 bridgehead atoms. The Morgan fingerprint density at radius 1 is 1.55 bits per heavy atom. The van der Waals surface area contributed by atoms with Crippen LogP contribution in [0.4, 0.5) is 13.2 Å². The summed E-state index contributed by atoms with van der Waals surface area (Å²) in [5, 5.41) is 8.63. The minimum Gasteiger partial charge on any atom is -0.373 e. The topological polar surface area (TPSA) is 63.3 Å². The number of rotatable bonds is 2. The molecule has 0 spiro atoms. The normalized spacial score (nSPS) is 17.6. The van der Waals surface area contributed by atoms with Crippen molar-refractivity contribution in [2.45, 2.75) is 18.7 Å². The van der Waals surface area contributed by atoms with Crippen molar-refractivity contribution in [1.82, 2.24) is 0 Å². The predicted octanol–water partition coefficient (Wildman–Crippen LogP) is -0.172. The summed E-state index contributed by atoms with van der Waals surface area (Å²) in [5.74, 6) is -1.40. The molecular formula is C5H8F3NO2.